The Balaban J connectivity index is 2.83. The van der Waals surface area contributed by atoms with Gasteiger partial charge in [-0.25, -0.2) is 4.79 Å². The second kappa shape index (κ2) is 7.15. The lowest BCUT2D eigenvalue weighted by Gasteiger charge is -2.27. The van der Waals surface area contributed by atoms with Crippen LogP contribution in [0.25, 0.3) is 0 Å². The topological polar surface area (TPSA) is 81.5 Å². The van der Waals surface area contributed by atoms with E-state index < -0.39 is 22.1 Å². The summed E-state index contributed by atoms with van der Waals surface area (Å²) < 4.78 is 4.95. The lowest BCUT2D eigenvalue weighted by Crippen LogP contribution is -2.48. The molecule has 1 amide bonds. The Hall–Kier alpha value is -0.980. The predicted octanol–water partition coefficient (Wildman–Crippen LogP) is 3.35. The Morgan fingerprint density at radius 2 is 2.25 bits per heavy atom. The maximum absolute atomic E-state index is 11.6. The van der Waals surface area contributed by atoms with E-state index in [0.717, 1.165) is 18.9 Å². The molecule has 0 bridgehead atoms. The van der Waals surface area contributed by atoms with Gasteiger partial charge in [-0.1, -0.05) is 36.5 Å². The Kier molecular flexibility index (Phi) is 6.10. The first kappa shape index (κ1) is 17.1. The van der Waals surface area contributed by atoms with Crippen LogP contribution in [-0.2, 0) is 4.74 Å². The van der Waals surface area contributed by atoms with Gasteiger partial charge in [-0.3, -0.25) is 10.1 Å². The van der Waals surface area contributed by atoms with E-state index in [4.69, 9.17) is 39.5 Å². The van der Waals surface area contributed by atoms with E-state index in [-0.39, 0.29) is 10.1 Å². The number of carbonyl (C=O) groups excluding carboxylic acids is 1. The summed E-state index contributed by atoms with van der Waals surface area (Å²) in [4.78, 5) is 19.6. The molecule has 2 atom stereocenters. The number of hydrogen-bond donors (Lipinski definition) is 1. The third-order valence-electron chi connectivity index (χ3n) is 2.54. The number of alkyl halides is 1. The van der Waals surface area contributed by atoms with Crippen molar-refractivity contribution in [3.63, 3.8) is 0 Å². The fourth-order valence-electron chi connectivity index (χ4n) is 1.51. The van der Waals surface area contributed by atoms with Gasteiger partial charge in [-0.2, -0.15) is 0 Å². The number of alkyl carbamates (subject to hydrolysis) is 1. The van der Waals surface area contributed by atoms with Gasteiger partial charge in [-0.05, 0) is 24.1 Å². The maximum atomic E-state index is 11.6. The number of nitro groups is 1. The van der Waals surface area contributed by atoms with Crippen LogP contribution in [0.5, 0.6) is 0 Å². The molecule has 6 nitrogen and oxygen atoms in total. The summed E-state index contributed by atoms with van der Waals surface area (Å²) in [5.41, 5.74) is 0. The molecule has 1 aliphatic carbocycles. The normalized spacial score (nSPS) is 25.5. The summed E-state index contributed by atoms with van der Waals surface area (Å²) in [7, 11) is 0. The first-order valence-corrected chi connectivity index (χ1v) is 6.98. The van der Waals surface area contributed by atoms with Crippen LogP contribution in [0.2, 0.25) is 0 Å². The smallest absolute Gasteiger partial charge is 0.408 e. The molecule has 0 saturated carbocycles. The number of unbranched alkanes of at least 4 members (excludes halogenated alkanes) is 1. The van der Waals surface area contributed by atoms with Crippen LogP contribution in [-0.4, -0.2) is 28.7 Å². The molecule has 0 aliphatic heterocycles. The van der Waals surface area contributed by atoms with E-state index in [2.05, 4.69) is 5.32 Å². The van der Waals surface area contributed by atoms with Gasteiger partial charge in [0.25, 0.3) is 0 Å². The molecule has 0 heterocycles. The number of nitrogens with one attached hydrogen (secondary N) is 1. The van der Waals surface area contributed by atoms with Gasteiger partial charge < -0.3 is 10.1 Å². The minimum Gasteiger partial charge on any atom is -0.431 e. The largest absolute Gasteiger partial charge is 0.431 e. The molecular formula is C11H13Cl3N2O4. The minimum atomic E-state index is -2.22. The molecule has 20 heavy (non-hydrogen) atoms. The first-order valence-electron chi connectivity index (χ1n) is 5.84. The van der Waals surface area contributed by atoms with Crippen LogP contribution < -0.4 is 5.32 Å². The molecule has 0 spiro atoms. The maximum Gasteiger partial charge on any atom is 0.408 e. The number of halogens is 3. The number of carbonyl (C=O) groups is 1. The van der Waals surface area contributed by atoms with Gasteiger partial charge in [0.1, 0.15) is 0 Å². The van der Waals surface area contributed by atoms with Crippen LogP contribution >= 0.6 is 34.8 Å². The predicted molar refractivity (Wildman–Crippen MR) is 76.6 cm³/mol. The van der Waals surface area contributed by atoms with Gasteiger partial charge in [0.2, 0.25) is 6.10 Å². The van der Waals surface area contributed by atoms with E-state index in [0.29, 0.717) is 6.54 Å². The van der Waals surface area contributed by atoms with Gasteiger partial charge in [-0.15, -0.1) is 0 Å². The highest BCUT2D eigenvalue weighted by molar-refractivity contribution is 6.37. The fourth-order valence-corrected chi connectivity index (χ4v) is 2.57. The van der Waals surface area contributed by atoms with Gasteiger partial charge in [0.05, 0.1) is 9.96 Å². The van der Waals surface area contributed by atoms with Crippen molar-refractivity contribution >= 4 is 40.9 Å². The molecule has 9 heteroatoms. The zero-order valence-electron chi connectivity index (χ0n) is 10.6. The lowest BCUT2D eigenvalue weighted by molar-refractivity contribution is -0.537. The summed E-state index contributed by atoms with van der Waals surface area (Å²) in [6.45, 7) is 2.35. The molecule has 2 unspecified atom stereocenters. The van der Waals surface area contributed by atoms with E-state index >= 15 is 0 Å². The number of hydrogen-bond acceptors (Lipinski definition) is 4. The van der Waals surface area contributed by atoms with Gasteiger partial charge in [0, 0.05) is 17.7 Å². The van der Waals surface area contributed by atoms with E-state index in [1.807, 2.05) is 6.92 Å². The zero-order chi connectivity index (χ0) is 15.3. The van der Waals surface area contributed by atoms with Crippen molar-refractivity contribution in [3.8, 4) is 0 Å². The molecule has 0 aromatic carbocycles. The number of rotatable bonds is 5. The summed E-state index contributed by atoms with van der Waals surface area (Å²) in [6.07, 6.45) is 1.61. The molecule has 0 saturated heterocycles. The van der Waals surface area contributed by atoms with Gasteiger partial charge in [0.15, 0.2) is 0 Å². The van der Waals surface area contributed by atoms with Crippen molar-refractivity contribution < 1.29 is 14.5 Å². The minimum absolute atomic E-state index is 0.00735. The molecule has 0 aromatic heterocycles. The standard InChI is InChI=1S/C11H13Cl3N2O4/c1-2-3-4-15-10(17)20-9-8(13)5-7(12)6-11(9,14)16(18)19/h5-6,9H,2-4H2,1H3,(H,15,17). The number of allylic oxidation sites excluding steroid dienone is 2. The van der Waals surface area contributed by atoms with E-state index in [1.54, 1.807) is 0 Å². The molecule has 1 N–H and O–H groups in total. The van der Waals surface area contributed by atoms with Crippen LogP contribution in [0.15, 0.2) is 22.2 Å². The number of nitrogens with zero attached hydrogens (tertiary/aromatic N) is 1. The monoisotopic (exact) mass is 342 g/mol. The van der Waals surface area contributed by atoms with Crippen molar-refractivity contribution in [2.45, 2.75) is 30.9 Å². The molecule has 1 aliphatic rings. The highest BCUT2D eigenvalue weighted by Gasteiger charge is 2.53. The van der Waals surface area contributed by atoms with E-state index in [9.17, 15) is 14.9 Å². The highest BCUT2D eigenvalue weighted by Crippen LogP contribution is 2.38. The van der Waals surface area contributed by atoms with Crippen molar-refractivity contribution in [1.82, 2.24) is 5.32 Å². The van der Waals surface area contributed by atoms with Crippen LogP contribution in [0.4, 0.5) is 4.79 Å². The summed E-state index contributed by atoms with van der Waals surface area (Å²) in [5, 5.41) is 13.4. The SMILES string of the molecule is CCCCNC(=O)OC1C(Cl)=CC(Cl)=CC1(Cl)[N+](=O)[O-]. The Bertz CT molecular complexity index is 467. The summed E-state index contributed by atoms with van der Waals surface area (Å²) in [5.74, 6) is 0. The average Bonchev–Trinajstić information content (AvgIpc) is 2.34. The van der Waals surface area contributed by atoms with Crippen LogP contribution in [0, 0.1) is 10.1 Å². The third kappa shape index (κ3) is 4.01. The van der Waals surface area contributed by atoms with Crippen LogP contribution in [0.1, 0.15) is 19.8 Å². The highest BCUT2D eigenvalue weighted by atomic mass is 35.5. The van der Waals surface area contributed by atoms with Crippen molar-refractivity contribution in [2.75, 3.05) is 6.54 Å². The van der Waals surface area contributed by atoms with Crippen molar-refractivity contribution in [2.24, 2.45) is 0 Å². The average molecular weight is 344 g/mol. The van der Waals surface area contributed by atoms with Crippen LogP contribution in [0.3, 0.4) is 0 Å². The number of amides is 1. The number of ether oxygens (including phenoxy) is 1. The Labute approximate surface area is 130 Å². The second-order valence-corrected chi connectivity index (χ2v) is 5.59. The fraction of sp³-hybridized carbons (Fsp3) is 0.545. The third-order valence-corrected chi connectivity index (χ3v) is 3.51. The molecule has 0 radical (unpaired) electrons. The van der Waals surface area contributed by atoms with Gasteiger partial charge >= 0.3 is 11.1 Å². The van der Waals surface area contributed by atoms with Crippen molar-refractivity contribution in [1.29, 1.82) is 0 Å². The molecule has 112 valence electrons. The first-order chi connectivity index (χ1) is 9.31. The van der Waals surface area contributed by atoms with Crippen molar-refractivity contribution in [3.05, 3.63) is 32.3 Å². The molecule has 0 aromatic rings. The Morgan fingerprint density at radius 3 is 2.80 bits per heavy atom. The molecule has 0 fully saturated rings. The zero-order valence-corrected chi connectivity index (χ0v) is 12.8. The second-order valence-electron chi connectivity index (χ2n) is 4.11. The quantitative estimate of drug-likeness (QED) is 0.273. The van der Waals surface area contributed by atoms with E-state index in [1.165, 1.54) is 6.08 Å². The Morgan fingerprint density at radius 1 is 1.60 bits per heavy atom. The lowest BCUT2D eigenvalue weighted by atomic mass is 10.1. The summed E-state index contributed by atoms with van der Waals surface area (Å²) >= 11 is 17.4. The molecular weight excluding hydrogens is 330 g/mol. The summed E-state index contributed by atoms with van der Waals surface area (Å²) in [6, 6.07) is 0. The molecule has 1 rings (SSSR count).